The minimum atomic E-state index is -4.53. The van der Waals surface area contributed by atoms with Gasteiger partial charge in [-0.3, -0.25) is 4.79 Å². The topological polar surface area (TPSA) is 49.8 Å². The van der Waals surface area contributed by atoms with Crippen molar-refractivity contribution in [2.75, 3.05) is 11.9 Å². The number of ether oxygens (including phenoxy) is 1. The molecule has 0 bridgehead atoms. The third kappa shape index (κ3) is 6.42. The largest absolute Gasteiger partial charge is 0.490 e. The molecule has 0 aliphatic heterocycles. The van der Waals surface area contributed by atoms with Crippen LogP contribution < -0.4 is 9.64 Å². The van der Waals surface area contributed by atoms with Crippen molar-refractivity contribution in [3.63, 3.8) is 0 Å². The summed E-state index contributed by atoms with van der Waals surface area (Å²) in [5.41, 5.74) is 1.46. The van der Waals surface area contributed by atoms with Gasteiger partial charge in [0.2, 0.25) is 0 Å². The maximum absolute atomic E-state index is 14.1. The Labute approximate surface area is 217 Å². The van der Waals surface area contributed by atoms with Gasteiger partial charge in [-0.15, -0.1) is 0 Å². The molecule has 0 aromatic heterocycles. The van der Waals surface area contributed by atoms with E-state index in [0.29, 0.717) is 29.9 Å². The summed E-state index contributed by atoms with van der Waals surface area (Å²) in [7, 11) is 1.92. The molecule has 2 aliphatic rings. The molecular formula is C30H38F3NO3. The van der Waals surface area contributed by atoms with Crippen LogP contribution in [0, 0.1) is 17.3 Å². The molecule has 0 spiro atoms. The van der Waals surface area contributed by atoms with Crippen LogP contribution in [-0.2, 0) is 11.0 Å². The molecule has 2 unspecified atom stereocenters. The van der Waals surface area contributed by atoms with E-state index in [4.69, 9.17) is 4.74 Å². The second-order valence-electron chi connectivity index (χ2n) is 11.8. The van der Waals surface area contributed by atoms with Gasteiger partial charge in [-0.25, -0.2) is 0 Å². The number of nitrogens with zero attached hydrogens (tertiary/aromatic N) is 1. The Balaban J connectivity index is 1.52. The molecule has 2 fully saturated rings. The molecule has 1 N–H and O–H groups in total. The number of anilines is 1. The van der Waals surface area contributed by atoms with Gasteiger partial charge in [0.25, 0.3) is 0 Å². The summed E-state index contributed by atoms with van der Waals surface area (Å²) in [6.07, 6.45) is 0.694. The summed E-state index contributed by atoms with van der Waals surface area (Å²) in [5, 5.41) is 9.32. The fourth-order valence-corrected chi connectivity index (χ4v) is 5.91. The van der Waals surface area contributed by atoms with Crippen LogP contribution in [-0.4, -0.2) is 30.3 Å². The first-order valence-electron chi connectivity index (χ1n) is 13.3. The molecule has 0 amide bonds. The average molecular weight is 518 g/mol. The van der Waals surface area contributed by atoms with Gasteiger partial charge in [-0.05, 0) is 91.7 Å². The average Bonchev–Trinajstić information content (AvgIpc) is 3.34. The van der Waals surface area contributed by atoms with Gasteiger partial charge in [-0.1, -0.05) is 39.0 Å². The van der Waals surface area contributed by atoms with Crippen LogP contribution in [0.2, 0.25) is 0 Å². The number of hydrogen-bond donors (Lipinski definition) is 1. The molecule has 2 aromatic carbocycles. The molecule has 7 heteroatoms. The highest BCUT2D eigenvalue weighted by molar-refractivity contribution is 5.72. The van der Waals surface area contributed by atoms with Gasteiger partial charge in [0.05, 0.1) is 17.6 Å². The van der Waals surface area contributed by atoms with Crippen LogP contribution in [0.1, 0.15) is 71.3 Å². The standard InChI is InChI=1S/C30H38F3NO3/c1-29(2,3)22-10-13-25(14-11-22)37-27-15-9-20(18-26(27)30(31,32)33)19-6-5-7-23(16-19)34(4)24-12-8-21(17-24)28(35)36/h5-7,9,15-16,18,21-22,24-25H,8,10-14,17H2,1-4H3,(H,35,36). The van der Waals surface area contributed by atoms with Crippen LogP contribution in [0.4, 0.5) is 18.9 Å². The summed E-state index contributed by atoms with van der Waals surface area (Å²) in [5.74, 6) is -0.661. The lowest BCUT2D eigenvalue weighted by molar-refractivity contribution is -0.141. The molecule has 2 atom stereocenters. The number of carbonyl (C=O) groups is 1. The molecule has 2 aromatic rings. The first-order valence-corrected chi connectivity index (χ1v) is 13.3. The highest BCUT2D eigenvalue weighted by atomic mass is 19.4. The van der Waals surface area contributed by atoms with Gasteiger partial charge < -0.3 is 14.7 Å². The first kappa shape index (κ1) is 27.3. The van der Waals surface area contributed by atoms with Crippen molar-refractivity contribution in [3.8, 4) is 16.9 Å². The predicted octanol–water partition coefficient (Wildman–Crippen LogP) is 8.05. The highest BCUT2D eigenvalue weighted by Crippen LogP contribution is 2.43. The molecule has 202 valence electrons. The van der Waals surface area contributed by atoms with Gasteiger partial charge in [0.15, 0.2) is 0 Å². The predicted molar refractivity (Wildman–Crippen MR) is 140 cm³/mol. The van der Waals surface area contributed by atoms with Crippen LogP contribution in [0.15, 0.2) is 42.5 Å². The molecule has 37 heavy (non-hydrogen) atoms. The van der Waals surface area contributed by atoms with E-state index >= 15 is 0 Å². The Kier molecular flexibility index (Phi) is 7.82. The molecule has 2 aliphatic carbocycles. The fraction of sp³-hybridized carbons (Fsp3) is 0.567. The summed E-state index contributed by atoms with van der Waals surface area (Å²) < 4.78 is 48.2. The summed E-state index contributed by atoms with van der Waals surface area (Å²) in [4.78, 5) is 13.4. The van der Waals surface area contributed by atoms with E-state index in [1.807, 2.05) is 30.1 Å². The Morgan fingerprint density at radius 3 is 2.22 bits per heavy atom. The lowest BCUT2D eigenvalue weighted by Crippen LogP contribution is -2.30. The minimum Gasteiger partial charge on any atom is -0.490 e. The van der Waals surface area contributed by atoms with Crippen molar-refractivity contribution in [1.29, 1.82) is 0 Å². The molecule has 4 nitrogen and oxygen atoms in total. The van der Waals surface area contributed by atoms with E-state index in [9.17, 15) is 23.1 Å². The number of aliphatic carboxylic acids is 1. The summed E-state index contributed by atoms with van der Waals surface area (Å²) in [6, 6.07) is 11.8. The third-order valence-electron chi connectivity index (χ3n) is 8.37. The quantitative estimate of drug-likeness (QED) is 0.421. The molecule has 2 saturated carbocycles. The van der Waals surface area contributed by atoms with Gasteiger partial charge >= 0.3 is 12.1 Å². The van der Waals surface area contributed by atoms with Crippen molar-refractivity contribution >= 4 is 11.7 Å². The zero-order valence-corrected chi connectivity index (χ0v) is 22.1. The highest BCUT2D eigenvalue weighted by Gasteiger charge is 2.37. The maximum atomic E-state index is 14.1. The van der Waals surface area contributed by atoms with Crippen molar-refractivity contribution in [2.24, 2.45) is 17.3 Å². The van der Waals surface area contributed by atoms with Crippen LogP contribution in [0.5, 0.6) is 5.75 Å². The SMILES string of the molecule is CN(c1cccc(-c2ccc(OC3CCC(C(C)(C)C)CC3)c(C(F)(F)F)c2)c1)C1CCC(C(=O)O)C1. The zero-order valence-electron chi connectivity index (χ0n) is 22.1. The van der Waals surface area contributed by atoms with E-state index in [0.717, 1.165) is 37.8 Å². The Morgan fingerprint density at radius 1 is 0.946 bits per heavy atom. The molecule has 0 heterocycles. The Hall–Kier alpha value is -2.70. The minimum absolute atomic E-state index is 0.0891. The summed E-state index contributed by atoms with van der Waals surface area (Å²) >= 11 is 0. The second kappa shape index (κ2) is 10.6. The number of rotatable bonds is 6. The zero-order chi connectivity index (χ0) is 27.0. The normalized spacial score (nSPS) is 24.6. The van der Waals surface area contributed by atoms with Crippen LogP contribution in [0.3, 0.4) is 0 Å². The maximum Gasteiger partial charge on any atom is 0.419 e. The molecular weight excluding hydrogens is 479 g/mol. The van der Waals surface area contributed by atoms with Gasteiger partial charge in [0, 0.05) is 18.8 Å². The fourth-order valence-electron chi connectivity index (χ4n) is 5.91. The van der Waals surface area contributed by atoms with E-state index in [-0.39, 0.29) is 29.2 Å². The monoisotopic (exact) mass is 517 g/mol. The smallest absolute Gasteiger partial charge is 0.419 e. The number of carboxylic acid groups (broad SMARTS) is 1. The Bertz CT molecular complexity index is 1100. The van der Waals surface area contributed by atoms with Crippen LogP contribution in [0.25, 0.3) is 11.1 Å². The van der Waals surface area contributed by atoms with Crippen molar-refractivity contribution in [3.05, 3.63) is 48.0 Å². The molecule has 0 radical (unpaired) electrons. The Morgan fingerprint density at radius 2 is 1.62 bits per heavy atom. The first-order chi connectivity index (χ1) is 17.3. The van der Waals surface area contributed by atoms with Crippen molar-refractivity contribution < 1.29 is 27.8 Å². The number of benzene rings is 2. The van der Waals surface area contributed by atoms with E-state index < -0.39 is 17.7 Å². The van der Waals surface area contributed by atoms with Crippen LogP contribution >= 0.6 is 0 Å². The number of halogens is 3. The van der Waals surface area contributed by atoms with E-state index in [1.54, 1.807) is 12.1 Å². The van der Waals surface area contributed by atoms with Crippen molar-refractivity contribution in [1.82, 2.24) is 0 Å². The van der Waals surface area contributed by atoms with E-state index in [2.05, 4.69) is 20.8 Å². The number of hydrogen-bond acceptors (Lipinski definition) is 3. The molecule has 4 rings (SSSR count). The lowest BCUT2D eigenvalue weighted by Gasteiger charge is -2.37. The van der Waals surface area contributed by atoms with Gasteiger partial charge in [-0.2, -0.15) is 13.2 Å². The lowest BCUT2D eigenvalue weighted by atomic mass is 9.72. The van der Waals surface area contributed by atoms with Crippen molar-refractivity contribution in [2.45, 2.75) is 84.0 Å². The second-order valence-corrected chi connectivity index (χ2v) is 11.8. The van der Waals surface area contributed by atoms with E-state index in [1.165, 1.54) is 12.1 Å². The van der Waals surface area contributed by atoms with Gasteiger partial charge in [0.1, 0.15) is 5.75 Å². The third-order valence-corrected chi connectivity index (χ3v) is 8.37. The number of alkyl halides is 3. The number of carboxylic acids is 1. The summed E-state index contributed by atoms with van der Waals surface area (Å²) in [6.45, 7) is 6.64. The molecule has 0 saturated heterocycles.